The van der Waals surface area contributed by atoms with Crippen LogP contribution in [0.1, 0.15) is 53.0 Å². The lowest BCUT2D eigenvalue weighted by atomic mass is 9.98. The molecule has 1 heterocycles. The van der Waals surface area contributed by atoms with E-state index in [1.165, 1.54) is 11.3 Å². The maximum absolute atomic E-state index is 12.4. The smallest absolute Gasteiger partial charge is 0.250 e. The number of rotatable bonds is 8. The lowest BCUT2D eigenvalue weighted by Crippen LogP contribution is -2.44. The lowest BCUT2D eigenvalue weighted by molar-refractivity contribution is 0.389. The molecular formula is C14H26N2O2S2. The SMILES string of the molecule is CCC(C)(CC)NS(=O)(=O)c1cc(CNC(C)C)cs1. The van der Waals surface area contributed by atoms with E-state index in [1.54, 1.807) is 6.07 Å². The Morgan fingerprint density at radius 2 is 1.90 bits per heavy atom. The van der Waals surface area contributed by atoms with Crippen molar-refractivity contribution in [2.75, 3.05) is 0 Å². The summed E-state index contributed by atoms with van der Waals surface area (Å²) in [6.45, 7) is 10.8. The Bertz CT molecular complexity index is 517. The summed E-state index contributed by atoms with van der Waals surface area (Å²) >= 11 is 1.28. The molecular weight excluding hydrogens is 292 g/mol. The van der Waals surface area contributed by atoms with Gasteiger partial charge in [0.2, 0.25) is 0 Å². The van der Waals surface area contributed by atoms with Gasteiger partial charge in [0.25, 0.3) is 10.0 Å². The van der Waals surface area contributed by atoms with E-state index in [0.29, 0.717) is 16.8 Å². The van der Waals surface area contributed by atoms with E-state index in [0.717, 1.165) is 18.4 Å². The molecule has 4 nitrogen and oxygen atoms in total. The number of hydrogen-bond donors (Lipinski definition) is 2. The van der Waals surface area contributed by atoms with Gasteiger partial charge in [-0.1, -0.05) is 27.7 Å². The highest BCUT2D eigenvalue weighted by Gasteiger charge is 2.28. The third kappa shape index (κ3) is 4.84. The van der Waals surface area contributed by atoms with Gasteiger partial charge in [-0.3, -0.25) is 0 Å². The van der Waals surface area contributed by atoms with E-state index >= 15 is 0 Å². The molecule has 0 aromatic carbocycles. The quantitative estimate of drug-likeness (QED) is 0.774. The summed E-state index contributed by atoms with van der Waals surface area (Å²) in [7, 11) is -3.42. The van der Waals surface area contributed by atoms with Crippen molar-refractivity contribution >= 4 is 21.4 Å². The van der Waals surface area contributed by atoms with Crippen LogP contribution in [0.2, 0.25) is 0 Å². The van der Waals surface area contributed by atoms with Gasteiger partial charge in [-0.05, 0) is 36.8 Å². The molecule has 0 saturated carbocycles. The Morgan fingerprint density at radius 1 is 1.30 bits per heavy atom. The van der Waals surface area contributed by atoms with Crippen LogP contribution in [0.3, 0.4) is 0 Å². The largest absolute Gasteiger partial charge is 0.310 e. The second kappa shape index (κ2) is 7.02. The molecule has 0 amide bonds. The van der Waals surface area contributed by atoms with Gasteiger partial charge in [0.1, 0.15) is 4.21 Å². The molecule has 0 atom stereocenters. The van der Waals surface area contributed by atoms with Crippen LogP contribution in [-0.4, -0.2) is 20.0 Å². The number of sulfonamides is 1. The molecule has 1 rings (SSSR count). The maximum atomic E-state index is 12.4. The van der Waals surface area contributed by atoms with Crippen LogP contribution in [0, 0.1) is 0 Å². The van der Waals surface area contributed by atoms with Gasteiger partial charge in [0, 0.05) is 18.1 Å². The summed E-state index contributed by atoms with van der Waals surface area (Å²) in [6.07, 6.45) is 1.55. The molecule has 0 unspecified atom stereocenters. The van der Waals surface area contributed by atoms with Crippen molar-refractivity contribution in [3.05, 3.63) is 17.0 Å². The van der Waals surface area contributed by atoms with Crippen LogP contribution in [0.15, 0.2) is 15.7 Å². The average Bonchev–Trinajstić information content (AvgIpc) is 2.85. The van der Waals surface area contributed by atoms with Gasteiger partial charge in [0.05, 0.1) is 0 Å². The van der Waals surface area contributed by atoms with Crippen LogP contribution in [-0.2, 0) is 16.6 Å². The first kappa shape index (κ1) is 17.6. The molecule has 1 aromatic heterocycles. The summed E-state index contributed by atoms with van der Waals surface area (Å²) in [5, 5.41) is 5.19. The van der Waals surface area contributed by atoms with E-state index in [4.69, 9.17) is 0 Å². The second-order valence-corrected chi connectivity index (χ2v) is 8.50. The molecule has 20 heavy (non-hydrogen) atoms. The average molecular weight is 319 g/mol. The van der Waals surface area contributed by atoms with Gasteiger partial charge in [-0.25, -0.2) is 13.1 Å². The molecule has 116 valence electrons. The van der Waals surface area contributed by atoms with E-state index in [9.17, 15) is 8.42 Å². The third-order valence-corrected chi connectivity index (χ3v) is 6.68. The highest BCUT2D eigenvalue weighted by Crippen LogP contribution is 2.24. The minimum atomic E-state index is -3.42. The summed E-state index contributed by atoms with van der Waals surface area (Å²) in [4.78, 5) is 0. The predicted molar refractivity (Wildman–Crippen MR) is 85.6 cm³/mol. The van der Waals surface area contributed by atoms with Gasteiger partial charge < -0.3 is 5.32 Å². The molecule has 0 spiro atoms. The van der Waals surface area contributed by atoms with Gasteiger partial charge in [0.15, 0.2) is 0 Å². The number of nitrogens with one attached hydrogen (secondary N) is 2. The van der Waals surface area contributed by atoms with Crippen molar-refractivity contribution in [2.45, 2.75) is 69.8 Å². The first-order valence-corrected chi connectivity index (χ1v) is 9.43. The van der Waals surface area contributed by atoms with E-state index in [1.807, 2.05) is 26.2 Å². The highest BCUT2D eigenvalue weighted by molar-refractivity contribution is 7.91. The van der Waals surface area contributed by atoms with E-state index in [-0.39, 0.29) is 5.54 Å². The maximum Gasteiger partial charge on any atom is 0.250 e. The normalized spacial score (nSPS) is 13.1. The van der Waals surface area contributed by atoms with Crippen LogP contribution >= 0.6 is 11.3 Å². The summed E-state index contributed by atoms with van der Waals surface area (Å²) < 4.78 is 28.0. The first-order valence-electron chi connectivity index (χ1n) is 7.07. The third-order valence-electron chi connectivity index (χ3n) is 3.55. The van der Waals surface area contributed by atoms with Crippen molar-refractivity contribution in [3.63, 3.8) is 0 Å². The lowest BCUT2D eigenvalue weighted by Gasteiger charge is -2.27. The minimum absolute atomic E-state index is 0.376. The Morgan fingerprint density at radius 3 is 2.40 bits per heavy atom. The molecule has 0 aliphatic rings. The van der Waals surface area contributed by atoms with E-state index in [2.05, 4.69) is 23.9 Å². The molecule has 0 saturated heterocycles. The Balaban J connectivity index is 2.83. The summed E-state index contributed by atoms with van der Waals surface area (Å²) in [5.41, 5.74) is 0.637. The fraction of sp³-hybridized carbons (Fsp3) is 0.714. The zero-order chi connectivity index (χ0) is 15.4. The highest BCUT2D eigenvalue weighted by atomic mass is 32.2. The number of thiophene rings is 1. The second-order valence-electron chi connectivity index (χ2n) is 5.68. The van der Waals surface area contributed by atoms with Crippen molar-refractivity contribution in [3.8, 4) is 0 Å². The predicted octanol–water partition coefficient (Wildman–Crippen LogP) is 3.10. The molecule has 0 bridgehead atoms. The van der Waals surface area contributed by atoms with Crippen LogP contribution in [0.4, 0.5) is 0 Å². The van der Waals surface area contributed by atoms with Crippen LogP contribution in [0.25, 0.3) is 0 Å². The fourth-order valence-corrected chi connectivity index (χ4v) is 4.44. The Labute approximate surface area is 127 Å². The summed E-state index contributed by atoms with van der Waals surface area (Å²) in [6, 6.07) is 2.14. The first-order chi connectivity index (χ1) is 9.22. The topological polar surface area (TPSA) is 58.2 Å². The molecule has 1 aromatic rings. The van der Waals surface area contributed by atoms with Crippen molar-refractivity contribution in [2.24, 2.45) is 0 Å². The Kier molecular flexibility index (Phi) is 6.19. The minimum Gasteiger partial charge on any atom is -0.310 e. The molecule has 0 aliphatic carbocycles. The van der Waals surface area contributed by atoms with Gasteiger partial charge in [-0.2, -0.15) is 0 Å². The van der Waals surface area contributed by atoms with E-state index < -0.39 is 10.0 Å². The Hall–Kier alpha value is -0.430. The molecule has 0 fully saturated rings. The number of hydrogen-bond acceptors (Lipinski definition) is 4. The molecule has 6 heteroatoms. The van der Waals surface area contributed by atoms with Crippen LogP contribution in [0.5, 0.6) is 0 Å². The van der Waals surface area contributed by atoms with Crippen molar-refractivity contribution in [1.82, 2.24) is 10.0 Å². The van der Waals surface area contributed by atoms with Gasteiger partial charge in [-0.15, -0.1) is 11.3 Å². The summed E-state index contributed by atoms with van der Waals surface area (Å²) in [5.74, 6) is 0. The molecule has 0 radical (unpaired) electrons. The fourth-order valence-electron chi connectivity index (χ4n) is 1.68. The van der Waals surface area contributed by atoms with Gasteiger partial charge >= 0.3 is 0 Å². The molecule has 0 aliphatic heterocycles. The molecule has 2 N–H and O–H groups in total. The zero-order valence-corrected chi connectivity index (χ0v) is 14.6. The standard InChI is InChI=1S/C14H26N2O2S2/c1-6-14(5,7-2)16-20(17,18)13-8-12(10-19-13)9-15-11(3)4/h8,10-11,15-16H,6-7,9H2,1-5H3. The van der Waals surface area contributed by atoms with Crippen LogP contribution < -0.4 is 10.0 Å². The van der Waals surface area contributed by atoms with Crippen molar-refractivity contribution < 1.29 is 8.42 Å². The van der Waals surface area contributed by atoms with Crippen molar-refractivity contribution in [1.29, 1.82) is 0 Å². The monoisotopic (exact) mass is 318 g/mol. The zero-order valence-electron chi connectivity index (χ0n) is 13.0.